The maximum absolute atomic E-state index is 12.8. The van der Waals surface area contributed by atoms with Crippen LogP contribution in [-0.4, -0.2) is 43.7 Å². The van der Waals surface area contributed by atoms with E-state index in [0.717, 1.165) is 23.6 Å². The summed E-state index contributed by atoms with van der Waals surface area (Å²) in [7, 11) is -3.73. The highest BCUT2D eigenvalue weighted by Crippen LogP contribution is 2.28. The molecule has 9 heteroatoms. The van der Waals surface area contributed by atoms with Crippen molar-refractivity contribution in [2.45, 2.75) is 30.8 Å². The van der Waals surface area contributed by atoms with Crippen LogP contribution in [0.4, 0.5) is 5.69 Å². The monoisotopic (exact) mass is 467 g/mol. The summed E-state index contributed by atoms with van der Waals surface area (Å²) < 4.78 is 32.8. The zero-order valence-corrected chi connectivity index (χ0v) is 19.0. The maximum atomic E-state index is 12.8. The smallest absolute Gasteiger partial charge is 0.265 e. The highest BCUT2D eigenvalue weighted by molar-refractivity contribution is 7.89. The van der Waals surface area contributed by atoms with Gasteiger partial charge in [0.15, 0.2) is 6.10 Å². The summed E-state index contributed by atoms with van der Waals surface area (Å²) in [6.45, 7) is 2.43. The molecule has 1 saturated heterocycles. The summed E-state index contributed by atoms with van der Waals surface area (Å²) in [4.78, 5) is 24.8. The van der Waals surface area contributed by atoms with Gasteiger partial charge in [0.1, 0.15) is 5.75 Å². The minimum Gasteiger partial charge on any atom is -0.480 e. The fraction of sp³-hybridized carbons (Fsp3) is 0.250. The predicted molar refractivity (Wildman–Crippen MR) is 126 cm³/mol. The lowest BCUT2D eigenvalue weighted by Gasteiger charge is -2.19. The second kappa shape index (κ2) is 9.21. The van der Waals surface area contributed by atoms with Gasteiger partial charge in [-0.3, -0.25) is 9.59 Å². The van der Waals surface area contributed by atoms with Gasteiger partial charge in [-0.2, -0.15) is 4.31 Å². The van der Waals surface area contributed by atoms with Gasteiger partial charge in [-0.15, -0.1) is 0 Å². The van der Waals surface area contributed by atoms with E-state index in [1.165, 1.54) is 22.5 Å². The largest absolute Gasteiger partial charge is 0.480 e. The van der Waals surface area contributed by atoms with Gasteiger partial charge >= 0.3 is 0 Å². The van der Waals surface area contributed by atoms with Gasteiger partial charge in [0, 0.05) is 24.2 Å². The van der Waals surface area contributed by atoms with Crippen LogP contribution in [0.3, 0.4) is 0 Å². The third-order valence-corrected chi connectivity index (χ3v) is 7.53. The third-order valence-electron chi connectivity index (χ3n) is 5.64. The van der Waals surface area contributed by atoms with Gasteiger partial charge in [0.05, 0.1) is 10.5 Å². The molecule has 1 fully saturated rings. The van der Waals surface area contributed by atoms with E-state index in [1.54, 1.807) is 13.0 Å². The molecule has 3 N–H and O–H groups in total. The van der Waals surface area contributed by atoms with Crippen molar-refractivity contribution in [2.75, 3.05) is 18.4 Å². The number of hydrogen-bond acceptors (Lipinski definition) is 5. The first-order valence-corrected chi connectivity index (χ1v) is 12.1. The standard InChI is InChI=1S/C24H25N3O5S/c1-16(24(29)26-21-10-6-8-17-7-2-3-9-19(17)21)32-22-12-11-18(15-20(22)23(25)28)33(30,31)27-13-4-5-14-27/h2-3,6-12,15-16H,4-5,13-14H2,1H3,(H2,25,28)(H,26,29)/t16-/m0/s1. The molecule has 0 spiro atoms. The van der Waals surface area contributed by atoms with E-state index in [1.807, 2.05) is 36.4 Å². The van der Waals surface area contributed by atoms with Crippen molar-refractivity contribution in [1.29, 1.82) is 0 Å². The molecule has 172 valence electrons. The molecule has 1 atom stereocenters. The van der Waals surface area contributed by atoms with Crippen LogP contribution in [0, 0.1) is 0 Å². The van der Waals surface area contributed by atoms with Gasteiger partial charge in [0.2, 0.25) is 10.0 Å². The molecular formula is C24H25N3O5S. The number of hydrogen-bond donors (Lipinski definition) is 2. The van der Waals surface area contributed by atoms with E-state index in [-0.39, 0.29) is 16.2 Å². The van der Waals surface area contributed by atoms with E-state index >= 15 is 0 Å². The third kappa shape index (κ3) is 4.69. The zero-order valence-electron chi connectivity index (χ0n) is 18.2. The highest BCUT2D eigenvalue weighted by Gasteiger charge is 2.29. The van der Waals surface area contributed by atoms with Gasteiger partial charge in [-0.25, -0.2) is 8.42 Å². The molecule has 0 saturated carbocycles. The Kier molecular flexibility index (Phi) is 6.35. The van der Waals surface area contributed by atoms with E-state index in [4.69, 9.17) is 10.5 Å². The minimum atomic E-state index is -3.73. The maximum Gasteiger partial charge on any atom is 0.265 e. The topological polar surface area (TPSA) is 119 Å². The van der Waals surface area contributed by atoms with Crippen LogP contribution < -0.4 is 15.8 Å². The number of fused-ring (bicyclic) bond motifs is 1. The number of nitrogens with zero attached hydrogens (tertiary/aromatic N) is 1. The Hall–Kier alpha value is -3.43. The number of nitrogens with one attached hydrogen (secondary N) is 1. The predicted octanol–water partition coefficient (Wildman–Crippen LogP) is 3.13. The van der Waals surface area contributed by atoms with Gasteiger partial charge in [-0.05, 0) is 49.4 Å². The molecule has 4 rings (SSSR count). The Bertz CT molecular complexity index is 1310. The Morgan fingerprint density at radius 2 is 1.73 bits per heavy atom. The summed E-state index contributed by atoms with van der Waals surface area (Å²) in [6, 6.07) is 17.2. The molecule has 2 amide bonds. The number of carbonyl (C=O) groups excluding carboxylic acids is 2. The molecule has 1 aliphatic rings. The fourth-order valence-electron chi connectivity index (χ4n) is 3.86. The average molecular weight is 468 g/mol. The van der Waals surface area contributed by atoms with Crippen molar-refractivity contribution in [1.82, 2.24) is 4.31 Å². The summed E-state index contributed by atoms with van der Waals surface area (Å²) in [6.07, 6.45) is 0.627. The first kappa shape index (κ1) is 22.8. The summed E-state index contributed by atoms with van der Waals surface area (Å²) in [5, 5.41) is 4.71. The van der Waals surface area contributed by atoms with E-state index in [9.17, 15) is 18.0 Å². The molecule has 0 radical (unpaired) electrons. The first-order chi connectivity index (χ1) is 15.8. The Labute approximate surface area is 192 Å². The number of nitrogens with two attached hydrogens (primary N) is 1. The number of primary amides is 1. The number of sulfonamides is 1. The second-order valence-corrected chi connectivity index (χ2v) is 9.85. The summed E-state index contributed by atoms with van der Waals surface area (Å²) in [5.41, 5.74) is 6.03. The van der Waals surface area contributed by atoms with Crippen molar-refractivity contribution >= 4 is 38.3 Å². The molecule has 0 unspecified atom stereocenters. The van der Waals surface area contributed by atoms with Gasteiger partial charge in [0.25, 0.3) is 11.8 Å². The van der Waals surface area contributed by atoms with E-state index in [0.29, 0.717) is 18.8 Å². The van der Waals surface area contributed by atoms with Crippen LogP contribution in [-0.2, 0) is 14.8 Å². The molecule has 8 nitrogen and oxygen atoms in total. The zero-order chi connectivity index (χ0) is 23.6. The number of benzene rings is 3. The number of ether oxygens (including phenoxy) is 1. The van der Waals surface area contributed by atoms with Crippen LogP contribution >= 0.6 is 0 Å². The van der Waals surface area contributed by atoms with Crippen molar-refractivity contribution in [3.8, 4) is 5.75 Å². The van der Waals surface area contributed by atoms with Crippen molar-refractivity contribution in [3.05, 3.63) is 66.2 Å². The van der Waals surface area contributed by atoms with E-state index in [2.05, 4.69) is 5.32 Å². The fourth-order valence-corrected chi connectivity index (χ4v) is 5.40. The van der Waals surface area contributed by atoms with Crippen LogP contribution in [0.15, 0.2) is 65.6 Å². The molecule has 33 heavy (non-hydrogen) atoms. The first-order valence-electron chi connectivity index (χ1n) is 10.7. The molecular weight excluding hydrogens is 442 g/mol. The molecule has 1 aliphatic heterocycles. The molecule has 1 heterocycles. The highest BCUT2D eigenvalue weighted by atomic mass is 32.2. The van der Waals surface area contributed by atoms with Crippen molar-refractivity contribution < 1.29 is 22.7 Å². The lowest BCUT2D eigenvalue weighted by molar-refractivity contribution is -0.122. The van der Waals surface area contributed by atoms with Crippen LogP contribution in [0.1, 0.15) is 30.1 Å². The summed E-state index contributed by atoms with van der Waals surface area (Å²) >= 11 is 0. The molecule has 0 bridgehead atoms. The van der Waals surface area contributed by atoms with Crippen molar-refractivity contribution in [2.24, 2.45) is 5.73 Å². The Balaban J connectivity index is 1.55. The van der Waals surface area contributed by atoms with Gasteiger partial charge in [-0.1, -0.05) is 36.4 Å². The van der Waals surface area contributed by atoms with Crippen LogP contribution in [0.5, 0.6) is 5.75 Å². The summed E-state index contributed by atoms with van der Waals surface area (Å²) in [5.74, 6) is -1.22. The number of carbonyl (C=O) groups is 2. The van der Waals surface area contributed by atoms with E-state index < -0.39 is 27.9 Å². The molecule has 0 aromatic heterocycles. The van der Waals surface area contributed by atoms with Crippen LogP contribution in [0.25, 0.3) is 10.8 Å². The number of amides is 2. The second-order valence-electron chi connectivity index (χ2n) is 7.91. The normalized spacial score (nSPS) is 15.3. The SMILES string of the molecule is C[C@H](Oc1ccc(S(=O)(=O)N2CCCC2)cc1C(N)=O)C(=O)Nc1cccc2ccccc12. The molecule has 3 aromatic carbocycles. The average Bonchev–Trinajstić information content (AvgIpc) is 3.35. The quantitative estimate of drug-likeness (QED) is 0.553. The minimum absolute atomic E-state index is 0.0293. The Morgan fingerprint density at radius 3 is 2.45 bits per heavy atom. The number of rotatable bonds is 7. The van der Waals surface area contributed by atoms with Crippen molar-refractivity contribution in [3.63, 3.8) is 0 Å². The Morgan fingerprint density at radius 1 is 1.03 bits per heavy atom. The molecule has 3 aromatic rings. The number of anilines is 1. The van der Waals surface area contributed by atoms with Gasteiger partial charge < -0.3 is 15.8 Å². The lowest BCUT2D eigenvalue weighted by Crippen LogP contribution is -2.31. The van der Waals surface area contributed by atoms with Crippen LogP contribution in [0.2, 0.25) is 0 Å². The molecule has 0 aliphatic carbocycles. The lowest BCUT2D eigenvalue weighted by atomic mass is 10.1.